The van der Waals surface area contributed by atoms with E-state index in [0.29, 0.717) is 15.6 Å². The molecule has 0 aliphatic rings. The van der Waals surface area contributed by atoms with E-state index < -0.39 is 15.7 Å². The normalized spacial score (nSPS) is 12.3. The van der Waals surface area contributed by atoms with Crippen molar-refractivity contribution < 1.29 is 9.13 Å². The quantitative estimate of drug-likeness (QED) is 0.625. The molecule has 100 valence electrons. The van der Waals surface area contributed by atoms with E-state index in [2.05, 4.69) is 9.59 Å². The van der Waals surface area contributed by atoms with Crippen molar-refractivity contribution in [2.24, 2.45) is 0 Å². The molecule has 1 aromatic heterocycles. The van der Waals surface area contributed by atoms with E-state index in [1.54, 1.807) is 12.1 Å². The maximum Gasteiger partial charge on any atom is 0.269 e. The van der Waals surface area contributed by atoms with Crippen LogP contribution >= 0.6 is 23.1 Å². The number of hydrogen-bond donors (Lipinski definition) is 0. The number of halogens is 1. The van der Waals surface area contributed by atoms with Crippen molar-refractivity contribution >= 4 is 39.6 Å². The first-order valence-corrected chi connectivity index (χ1v) is 7.75. The minimum absolute atomic E-state index is 0.0112. The third kappa shape index (κ3) is 3.79. The van der Waals surface area contributed by atoms with Gasteiger partial charge in [-0.25, -0.2) is 0 Å². The minimum Gasteiger partial charge on any atom is -0.259 e. The van der Waals surface area contributed by atoms with Crippen LogP contribution in [0.1, 0.15) is 11.3 Å². The predicted molar refractivity (Wildman–Crippen MR) is 73.6 cm³/mol. The predicted octanol–water partition coefficient (Wildman–Crippen LogP) is 2.55. The van der Waals surface area contributed by atoms with Gasteiger partial charge in [0.25, 0.3) is 5.69 Å². The number of nitrogens with zero attached hydrogens (tertiary/aromatic N) is 3. The van der Waals surface area contributed by atoms with E-state index in [0.717, 1.165) is 11.5 Å². The zero-order chi connectivity index (χ0) is 13.8. The van der Waals surface area contributed by atoms with E-state index in [9.17, 15) is 14.3 Å². The Balaban J connectivity index is 2.05. The molecular weight excluding hydrogens is 310 g/mol. The Bertz CT molecular complexity index is 632. The number of hydrogen-bond acceptors (Lipinski definition) is 6. The summed E-state index contributed by atoms with van der Waals surface area (Å²) in [5.74, 6) is 0.410. The zero-order valence-corrected chi connectivity index (χ0v) is 11.9. The van der Waals surface area contributed by atoms with Crippen molar-refractivity contribution in [3.05, 3.63) is 50.0 Å². The molecule has 19 heavy (non-hydrogen) atoms. The molecule has 0 fully saturated rings. The highest BCUT2D eigenvalue weighted by atomic mass is 35.5. The third-order valence-corrected chi connectivity index (χ3v) is 4.49. The Hall–Kier alpha value is -1.38. The number of benzene rings is 1. The first kappa shape index (κ1) is 14.0. The van der Waals surface area contributed by atoms with Crippen LogP contribution in [0.5, 0.6) is 0 Å². The summed E-state index contributed by atoms with van der Waals surface area (Å²) in [6.45, 7) is 0. The fourth-order valence-corrected chi connectivity index (χ4v) is 3.39. The number of nitro benzene ring substituents is 1. The zero-order valence-electron chi connectivity index (χ0n) is 9.48. The van der Waals surface area contributed by atoms with Gasteiger partial charge in [-0.1, -0.05) is 28.2 Å². The molecule has 2 rings (SSSR count). The summed E-state index contributed by atoms with van der Waals surface area (Å²) in [5.41, 5.74) is 1.13. The summed E-state index contributed by atoms with van der Waals surface area (Å²) in [5, 5.41) is 14.4. The largest absolute Gasteiger partial charge is 0.269 e. The van der Waals surface area contributed by atoms with Gasteiger partial charge in [-0.2, -0.15) is 0 Å². The molecule has 0 unspecified atom stereocenters. The van der Waals surface area contributed by atoms with E-state index in [4.69, 9.17) is 11.6 Å². The second kappa shape index (κ2) is 6.18. The van der Waals surface area contributed by atoms with Crippen molar-refractivity contribution in [2.75, 3.05) is 0 Å². The fourth-order valence-electron chi connectivity index (χ4n) is 1.43. The summed E-state index contributed by atoms with van der Waals surface area (Å²) < 4.78 is 16.0. The minimum atomic E-state index is -1.24. The number of non-ortho nitro benzene ring substituents is 1. The van der Waals surface area contributed by atoms with Crippen LogP contribution < -0.4 is 0 Å². The van der Waals surface area contributed by atoms with Gasteiger partial charge in [-0.3, -0.25) is 14.3 Å². The van der Waals surface area contributed by atoms with Crippen LogP contribution in [0.4, 0.5) is 5.69 Å². The molecule has 0 radical (unpaired) electrons. The van der Waals surface area contributed by atoms with Crippen LogP contribution in [0.15, 0.2) is 24.3 Å². The van der Waals surface area contributed by atoms with Gasteiger partial charge in [-0.05, 0) is 5.56 Å². The lowest BCUT2D eigenvalue weighted by atomic mass is 10.2. The average Bonchev–Trinajstić information content (AvgIpc) is 2.75. The molecule has 0 saturated carbocycles. The molecular formula is C10H8ClN3O3S2. The Morgan fingerprint density at radius 1 is 1.42 bits per heavy atom. The lowest BCUT2D eigenvalue weighted by Crippen LogP contribution is -2.01. The molecule has 0 amide bonds. The van der Waals surface area contributed by atoms with Crippen molar-refractivity contribution in [3.8, 4) is 0 Å². The molecule has 1 heterocycles. The smallest absolute Gasteiger partial charge is 0.259 e. The second-order valence-electron chi connectivity index (χ2n) is 3.65. The lowest BCUT2D eigenvalue weighted by Gasteiger charge is -2.01. The maximum absolute atomic E-state index is 11.9. The van der Waals surface area contributed by atoms with Crippen LogP contribution in [0.2, 0.25) is 4.34 Å². The Morgan fingerprint density at radius 2 is 2.21 bits per heavy atom. The molecule has 0 saturated heterocycles. The molecule has 0 N–H and O–H groups in total. The van der Waals surface area contributed by atoms with Crippen LogP contribution in [0, 0.1) is 10.1 Å². The first-order valence-electron chi connectivity index (χ1n) is 5.11. The van der Waals surface area contributed by atoms with Crippen LogP contribution in [-0.2, 0) is 22.3 Å². The molecule has 6 nitrogen and oxygen atoms in total. The van der Waals surface area contributed by atoms with Gasteiger partial charge >= 0.3 is 0 Å². The summed E-state index contributed by atoms with van der Waals surface area (Å²) in [7, 11) is -1.24. The van der Waals surface area contributed by atoms with E-state index >= 15 is 0 Å². The Kier molecular flexibility index (Phi) is 4.56. The summed E-state index contributed by atoms with van der Waals surface area (Å²) in [6.07, 6.45) is 0. The highest BCUT2D eigenvalue weighted by molar-refractivity contribution is 7.83. The highest BCUT2D eigenvalue weighted by Gasteiger charge is 2.12. The highest BCUT2D eigenvalue weighted by Crippen LogP contribution is 2.20. The van der Waals surface area contributed by atoms with Crippen molar-refractivity contribution in [2.45, 2.75) is 11.5 Å². The lowest BCUT2D eigenvalue weighted by molar-refractivity contribution is -0.384. The molecule has 1 atom stereocenters. The van der Waals surface area contributed by atoms with E-state index in [1.165, 1.54) is 12.1 Å². The Morgan fingerprint density at radius 3 is 2.84 bits per heavy atom. The Labute approximate surface area is 120 Å². The van der Waals surface area contributed by atoms with Gasteiger partial charge in [-0.15, -0.1) is 5.10 Å². The van der Waals surface area contributed by atoms with Crippen molar-refractivity contribution in [3.63, 3.8) is 0 Å². The third-order valence-electron chi connectivity index (χ3n) is 2.26. The monoisotopic (exact) mass is 317 g/mol. The summed E-state index contributed by atoms with van der Waals surface area (Å²) in [6, 6.07) is 6.08. The second-order valence-corrected chi connectivity index (χ2v) is 6.46. The summed E-state index contributed by atoms with van der Waals surface area (Å²) >= 11 is 6.86. The average molecular weight is 318 g/mol. The van der Waals surface area contributed by atoms with Gasteiger partial charge in [0.15, 0.2) is 0 Å². The van der Waals surface area contributed by atoms with E-state index in [1.807, 2.05) is 0 Å². The van der Waals surface area contributed by atoms with Crippen LogP contribution in [0.3, 0.4) is 0 Å². The molecule has 9 heteroatoms. The van der Waals surface area contributed by atoms with Crippen molar-refractivity contribution in [1.29, 1.82) is 0 Å². The molecule has 0 aliphatic heterocycles. The topological polar surface area (TPSA) is 86.0 Å². The standard InChI is InChI=1S/C10H8ClN3O3S2/c11-10-9(12-13-18-10)6-19(17)5-7-2-1-3-8(4-7)14(15)16/h1-4H,5-6H2/t19-/m1/s1. The van der Waals surface area contributed by atoms with Gasteiger partial charge in [0.2, 0.25) is 0 Å². The fraction of sp³-hybridized carbons (Fsp3) is 0.200. The van der Waals surface area contributed by atoms with Gasteiger partial charge in [0, 0.05) is 40.2 Å². The van der Waals surface area contributed by atoms with Gasteiger partial charge < -0.3 is 0 Å². The number of rotatable bonds is 5. The molecule has 0 spiro atoms. The van der Waals surface area contributed by atoms with Gasteiger partial charge in [0.1, 0.15) is 10.0 Å². The van der Waals surface area contributed by atoms with Gasteiger partial charge in [0.05, 0.1) is 10.7 Å². The van der Waals surface area contributed by atoms with Crippen LogP contribution in [-0.4, -0.2) is 18.7 Å². The van der Waals surface area contributed by atoms with Crippen LogP contribution in [0.25, 0.3) is 0 Å². The molecule has 1 aromatic carbocycles. The van der Waals surface area contributed by atoms with E-state index in [-0.39, 0.29) is 17.2 Å². The van der Waals surface area contributed by atoms with Crippen molar-refractivity contribution in [1.82, 2.24) is 9.59 Å². The maximum atomic E-state index is 11.9. The SMILES string of the molecule is O=[N+]([O-])c1cccc(C[S@@](=O)Cc2nnsc2Cl)c1. The molecule has 0 bridgehead atoms. The number of nitro groups is 1. The summed E-state index contributed by atoms with van der Waals surface area (Å²) in [4.78, 5) is 10.2. The first-order chi connectivity index (χ1) is 9.06. The molecule has 2 aromatic rings. The molecule has 0 aliphatic carbocycles. The number of aromatic nitrogens is 2.